The van der Waals surface area contributed by atoms with Crippen molar-refractivity contribution >= 4 is 17.0 Å². The smallest absolute Gasteiger partial charge is 0.303 e. The summed E-state index contributed by atoms with van der Waals surface area (Å²) in [6, 6.07) is 18.8. The minimum atomic E-state index is -0.687. The van der Waals surface area contributed by atoms with Gasteiger partial charge in [0.05, 0.1) is 11.0 Å². The Morgan fingerprint density at radius 3 is 2.63 bits per heavy atom. The zero-order valence-electron chi connectivity index (χ0n) is 17.7. The summed E-state index contributed by atoms with van der Waals surface area (Å²) in [6.07, 6.45) is 4.26. The molecule has 5 heteroatoms. The van der Waals surface area contributed by atoms with Crippen molar-refractivity contribution in [2.24, 2.45) is 18.9 Å². The standard InChI is InChI=1S/C25H31N3O2/c1-27-23-12-6-5-11-22(23)26-24(27)16-21-18-28(15-13-20(21)17-25(29)30)14-7-10-19-8-3-2-4-9-19/h2-6,8-9,11-12,20-21H,7,10,13-18H2,1H3,(H,29,30)/t20-,21-/m0/s1. The van der Waals surface area contributed by atoms with E-state index in [4.69, 9.17) is 4.98 Å². The van der Waals surface area contributed by atoms with Gasteiger partial charge in [-0.1, -0.05) is 42.5 Å². The molecule has 0 radical (unpaired) electrons. The lowest BCUT2D eigenvalue weighted by molar-refractivity contribution is -0.139. The largest absolute Gasteiger partial charge is 0.481 e. The molecule has 0 bridgehead atoms. The lowest BCUT2D eigenvalue weighted by Crippen LogP contribution is -2.42. The molecule has 3 aromatic rings. The minimum absolute atomic E-state index is 0.215. The monoisotopic (exact) mass is 405 g/mol. The summed E-state index contributed by atoms with van der Waals surface area (Å²) in [7, 11) is 2.07. The van der Waals surface area contributed by atoms with Crippen molar-refractivity contribution in [3.05, 3.63) is 66.0 Å². The van der Waals surface area contributed by atoms with Crippen LogP contribution in [0.15, 0.2) is 54.6 Å². The normalized spacial score (nSPS) is 19.9. The number of benzene rings is 2. The van der Waals surface area contributed by atoms with E-state index in [1.54, 1.807) is 0 Å². The fourth-order valence-corrected chi connectivity index (χ4v) is 4.85. The van der Waals surface area contributed by atoms with E-state index in [2.05, 4.69) is 52.9 Å². The van der Waals surface area contributed by atoms with Crippen LogP contribution in [0.25, 0.3) is 11.0 Å². The van der Waals surface area contributed by atoms with Crippen LogP contribution in [0.3, 0.4) is 0 Å². The highest BCUT2D eigenvalue weighted by atomic mass is 16.4. The van der Waals surface area contributed by atoms with Gasteiger partial charge in [-0.25, -0.2) is 4.98 Å². The summed E-state index contributed by atoms with van der Waals surface area (Å²) < 4.78 is 2.17. The number of aryl methyl sites for hydroxylation is 2. The molecule has 158 valence electrons. The van der Waals surface area contributed by atoms with Crippen LogP contribution in [-0.2, 0) is 24.7 Å². The van der Waals surface area contributed by atoms with E-state index in [1.807, 2.05) is 18.2 Å². The van der Waals surface area contributed by atoms with Crippen molar-refractivity contribution in [3.8, 4) is 0 Å². The van der Waals surface area contributed by atoms with Gasteiger partial charge in [0, 0.05) is 26.4 Å². The van der Waals surface area contributed by atoms with E-state index >= 15 is 0 Å². The number of hydrogen-bond acceptors (Lipinski definition) is 3. The second kappa shape index (κ2) is 9.43. The molecule has 2 heterocycles. The molecule has 1 fully saturated rings. The molecule has 1 aliphatic heterocycles. The van der Waals surface area contributed by atoms with Crippen LogP contribution in [0.4, 0.5) is 0 Å². The highest BCUT2D eigenvalue weighted by Crippen LogP contribution is 2.30. The Hall–Kier alpha value is -2.66. The number of nitrogens with zero attached hydrogens (tertiary/aromatic N) is 3. The number of fused-ring (bicyclic) bond motifs is 1. The van der Waals surface area contributed by atoms with Crippen LogP contribution in [0.5, 0.6) is 0 Å². The Morgan fingerprint density at radius 1 is 1.10 bits per heavy atom. The number of aliphatic carboxylic acids is 1. The number of para-hydroxylation sites is 2. The first-order chi connectivity index (χ1) is 14.6. The summed E-state index contributed by atoms with van der Waals surface area (Å²) in [5.74, 6) is 0.907. The van der Waals surface area contributed by atoms with Crippen LogP contribution in [0, 0.1) is 11.8 Å². The summed E-state index contributed by atoms with van der Waals surface area (Å²) in [4.78, 5) is 18.8. The van der Waals surface area contributed by atoms with E-state index in [1.165, 1.54) is 5.56 Å². The number of aromatic nitrogens is 2. The van der Waals surface area contributed by atoms with Gasteiger partial charge in [-0.05, 0) is 61.9 Å². The van der Waals surface area contributed by atoms with E-state index in [0.29, 0.717) is 5.92 Å². The first-order valence-corrected chi connectivity index (χ1v) is 11.0. The quantitative estimate of drug-likeness (QED) is 0.611. The molecule has 1 saturated heterocycles. The molecule has 4 rings (SSSR count). The number of carbonyl (C=O) groups is 1. The predicted octanol–water partition coefficient (Wildman–Crippen LogP) is 4.16. The Morgan fingerprint density at radius 2 is 1.87 bits per heavy atom. The SMILES string of the molecule is Cn1c(C[C@H]2CN(CCCc3ccccc3)CC[C@H]2CC(=O)O)nc2ccccc21. The molecule has 2 atom stereocenters. The highest BCUT2D eigenvalue weighted by molar-refractivity contribution is 5.75. The van der Waals surface area contributed by atoms with Crippen LogP contribution >= 0.6 is 0 Å². The van der Waals surface area contributed by atoms with Crippen molar-refractivity contribution in [2.75, 3.05) is 19.6 Å². The molecule has 1 aliphatic rings. The Kier molecular flexibility index (Phi) is 6.48. The van der Waals surface area contributed by atoms with Crippen molar-refractivity contribution in [1.82, 2.24) is 14.5 Å². The molecule has 30 heavy (non-hydrogen) atoms. The van der Waals surface area contributed by atoms with Gasteiger partial charge in [-0.2, -0.15) is 0 Å². The third-order valence-electron chi connectivity index (χ3n) is 6.52. The number of carboxylic acid groups (broad SMARTS) is 1. The summed E-state index contributed by atoms with van der Waals surface area (Å²) in [5, 5.41) is 9.42. The lowest BCUT2D eigenvalue weighted by Gasteiger charge is -2.38. The Labute approximate surface area is 178 Å². The van der Waals surface area contributed by atoms with Crippen molar-refractivity contribution in [1.29, 1.82) is 0 Å². The number of piperidine rings is 1. The van der Waals surface area contributed by atoms with Gasteiger partial charge in [0.1, 0.15) is 5.82 Å². The van der Waals surface area contributed by atoms with Gasteiger partial charge in [0.2, 0.25) is 0 Å². The van der Waals surface area contributed by atoms with Gasteiger partial charge in [-0.3, -0.25) is 4.79 Å². The minimum Gasteiger partial charge on any atom is -0.481 e. The molecule has 0 amide bonds. The lowest BCUT2D eigenvalue weighted by atomic mass is 9.81. The average Bonchev–Trinajstić information content (AvgIpc) is 3.06. The van der Waals surface area contributed by atoms with Crippen molar-refractivity contribution < 1.29 is 9.90 Å². The molecule has 0 unspecified atom stereocenters. The van der Waals surface area contributed by atoms with Crippen molar-refractivity contribution in [2.45, 2.75) is 32.1 Å². The van der Waals surface area contributed by atoms with Crippen LogP contribution in [-0.4, -0.2) is 45.2 Å². The maximum atomic E-state index is 11.4. The molecule has 1 aromatic heterocycles. The van der Waals surface area contributed by atoms with E-state index in [0.717, 1.165) is 62.2 Å². The van der Waals surface area contributed by atoms with Gasteiger partial charge in [0.25, 0.3) is 0 Å². The van der Waals surface area contributed by atoms with E-state index < -0.39 is 5.97 Å². The van der Waals surface area contributed by atoms with Gasteiger partial charge in [-0.15, -0.1) is 0 Å². The first-order valence-electron chi connectivity index (χ1n) is 11.0. The maximum Gasteiger partial charge on any atom is 0.303 e. The molecule has 0 aliphatic carbocycles. The number of likely N-dealkylation sites (tertiary alicyclic amines) is 1. The number of carboxylic acids is 1. The summed E-state index contributed by atoms with van der Waals surface area (Å²) in [5.41, 5.74) is 3.53. The van der Waals surface area contributed by atoms with Gasteiger partial charge >= 0.3 is 5.97 Å². The first kappa shape index (κ1) is 20.6. The van der Waals surface area contributed by atoms with Crippen molar-refractivity contribution in [3.63, 3.8) is 0 Å². The highest BCUT2D eigenvalue weighted by Gasteiger charge is 2.31. The van der Waals surface area contributed by atoms with Crippen LogP contribution < -0.4 is 0 Å². The number of imidazole rings is 1. The second-order valence-electron chi connectivity index (χ2n) is 8.58. The van der Waals surface area contributed by atoms with Gasteiger partial charge < -0.3 is 14.6 Å². The number of rotatable bonds is 8. The Balaban J connectivity index is 1.42. The molecule has 0 saturated carbocycles. The zero-order valence-corrected chi connectivity index (χ0v) is 17.7. The van der Waals surface area contributed by atoms with Crippen LogP contribution in [0.1, 0.15) is 30.7 Å². The fourth-order valence-electron chi connectivity index (χ4n) is 4.85. The Bertz CT molecular complexity index is 982. The van der Waals surface area contributed by atoms with E-state index in [9.17, 15) is 9.90 Å². The average molecular weight is 406 g/mol. The van der Waals surface area contributed by atoms with E-state index in [-0.39, 0.29) is 12.3 Å². The number of hydrogen-bond donors (Lipinski definition) is 1. The molecule has 5 nitrogen and oxygen atoms in total. The maximum absolute atomic E-state index is 11.4. The van der Waals surface area contributed by atoms with Gasteiger partial charge in [0.15, 0.2) is 0 Å². The van der Waals surface area contributed by atoms with Crippen LogP contribution in [0.2, 0.25) is 0 Å². The third-order valence-corrected chi connectivity index (χ3v) is 6.52. The molecule has 1 N–H and O–H groups in total. The summed E-state index contributed by atoms with van der Waals surface area (Å²) in [6.45, 7) is 3.01. The summed E-state index contributed by atoms with van der Waals surface area (Å²) >= 11 is 0. The third kappa shape index (κ3) is 4.90. The molecular weight excluding hydrogens is 374 g/mol. The fraction of sp³-hybridized carbons (Fsp3) is 0.440. The topological polar surface area (TPSA) is 58.4 Å². The predicted molar refractivity (Wildman–Crippen MR) is 119 cm³/mol. The molecular formula is C25H31N3O2. The second-order valence-corrected chi connectivity index (χ2v) is 8.58. The zero-order chi connectivity index (χ0) is 20.9. The molecule has 0 spiro atoms. The molecule has 2 aromatic carbocycles.